The Kier molecular flexibility index (Phi) is 6.49. The molecule has 1 unspecified atom stereocenters. The van der Waals surface area contributed by atoms with Crippen LogP contribution < -0.4 is 11.1 Å². The zero-order chi connectivity index (χ0) is 11.0. The Bertz CT molecular complexity index is 174. The molecule has 4 N–H and O–H groups in total. The molecule has 0 fully saturated rings. The number of carboxylic acid groups (broad SMARTS) is 1. The van der Waals surface area contributed by atoms with Gasteiger partial charge in [0.15, 0.2) is 0 Å². The van der Waals surface area contributed by atoms with Gasteiger partial charge in [0.2, 0.25) is 0 Å². The first-order valence-corrected chi connectivity index (χ1v) is 5.29. The second kappa shape index (κ2) is 6.79. The van der Waals surface area contributed by atoms with Crippen LogP contribution in [0.2, 0.25) is 0 Å². The van der Waals surface area contributed by atoms with E-state index in [1.807, 2.05) is 6.92 Å². The Hall–Kier alpha value is -0.610. The molecule has 0 rings (SSSR count). The molecule has 0 aromatic rings. The van der Waals surface area contributed by atoms with Crippen molar-refractivity contribution < 1.29 is 9.90 Å². The highest BCUT2D eigenvalue weighted by Crippen LogP contribution is 2.15. The van der Waals surface area contributed by atoms with E-state index >= 15 is 0 Å². The number of carboxylic acids is 1. The Labute approximate surface area is 85.9 Å². The van der Waals surface area contributed by atoms with Gasteiger partial charge >= 0.3 is 5.97 Å². The monoisotopic (exact) mass is 202 g/mol. The van der Waals surface area contributed by atoms with Gasteiger partial charge in [0.05, 0.1) is 0 Å². The quantitative estimate of drug-likeness (QED) is 0.512. The van der Waals surface area contributed by atoms with E-state index in [0.717, 1.165) is 25.9 Å². The molecule has 1 atom stereocenters. The molecule has 0 aliphatic rings. The maximum atomic E-state index is 10.8. The fourth-order valence-electron chi connectivity index (χ4n) is 1.30. The van der Waals surface area contributed by atoms with Crippen LogP contribution >= 0.6 is 0 Å². The fraction of sp³-hybridized carbons (Fsp3) is 0.900. The number of nitrogens with two attached hydrogens (primary N) is 1. The first-order chi connectivity index (χ1) is 6.56. The van der Waals surface area contributed by atoms with E-state index in [2.05, 4.69) is 12.2 Å². The normalized spacial score (nSPS) is 15.1. The molecule has 0 aliphatic heterocycles. The average Bonchev–Trinajstić information content (AvgIpc) is 2.17. The summed E-state index contributed by atoms with van der Waals surface area (Å²) >= 11 is 0. The summed E-state index contributed by atoms with van der Waals surface area (Å²) in [4.78, 5) is 10.8. The molecule has 4 nitrogen and oxygen atoms in total. The van der Waals surface area contributed by atoms with Crippen LogP contribution in [-0.4, -0.2) is 29.7 Å². The first-order valence-electron chi connectivity index (χ1n) is 5.29. The summed E-state index contributed by atoms with van der Waals surface area (Å²) < 4.78 is 0. The van der Waals surface area contributed by atoms with Crippen LogP contribution in [0.1, 0.15) is 39.5 Å². The minimum atomic E-state index is -1.02. The predicted octanol–water partition coefficient (Wildman–Crippen LogP) is 0.958. The van der Waals surface area contributed by atoms with Crippen molar-refractivity contribution in [2.24, 2.45) is 5.73 Å². The highest BCUT2D eigenvalue weighted by atomic mass is 16.4. The minimum absolute atomic E-state index is 0.490. The van der Waals surface area contributed by atoms with Gasteiger partial charge in [0, 0.05) is 0 Å². The van der Waals surface area contributed by atoms with Crippen LogP contribution in [0.25, 0.3) is 0 Å². The van der Waals surface area contributed by atoms with E-state index in [1.165, 1.54) is 0 Å². The van der Waals surface area contributed by atoms with Crippen LogP contribution in [0.5, 0.6) is 0 Å². The Morgan fingerprint density at radius 1 is 1.43 bits per heavy atom. The zero-order valence-electron chi connectivity index (χ0n) is 9.18. The summed E-state index contributed by atoms with van der Waals surface area (Å²) in [6.45, 7) is 5.77. The first kappa shape index (κ1) is 13.4. The lowest BCUT2D eigenvalue weighted by molar-refractivity contribution is -0.143. The molecule has 0 heterocycles. The van der Waals surface area contributed by atoms with Crippen LogP contribution in [0.15, 0.2) is 0 Å². The van der Waals surface area contributed by atoms with Gasteiger partial charge in [-0.3, -0.25) is 4.79 Å². The summed E-state index contributed by atoms with van der Waals surface area (Å²) in [5.41, 5.74) is 4.71. The van der Waals surface area contributed by atoms with E-state index in [9.17, 15) is 4.79 Å². The summed E-state index contributed by atoms with van der Waals surface area (Å²) in [6, 6.07) is 0. The van der Waals surface area contributed by atoms with Crippen molar-refractivity contribution in [2.45, 2.75) is 45.1 Å². The van der Waals surface area contributed by atoms with Crippen molar-refractivity contribution in [2.75, 3.05) is 13.1 Å². The highest BCUT2D eigenvalue weighted by Gasteiger charge is 2.30. The van der Waals surface area contributed by atoms with E-state index in [-0.39, 0.29) is 0 Å². The van der Waals surface area contributed by atoms with Crippen molar-refractivity contribution in [3.63, 3.8) is 0 Å². The second-order valence-electron chi connectivity index (χ2n) is 3.63. The lowest BCUT2D eigenvalue weighted by Gasteiger charge is -2.22. The molecule has 0 spiro atoms. The summed E-state index contributed by atoms with van der Waals surface area (Å²) in [6.07, 6.45) is 2.90. The minimum Gasteiger partial charge on any atom is -0.480 e. The Morgan fingerprint density at radius 3 is 2.50 bits per heavy atom. The lowest BCUT2D eigenvalue weighted by Crippen LogP contribution is -2.47. The molecular formula is C10H22N2O2. The third kappa shape index (κ3) is 4.58. The molecule has 0 saturated carbocycles. The molecule has 0 amide bonds. The third-order valence-corrected chi connectivity index (χ3v) is 2.53. The van der Waals surface area contributed by atoms with Gasteiger partial charge in [-0.1, -0.05) is 13.8 Å². The molecule has 0 aromatic heterocycles. The van der Waals surface area contributed by atoms with E-state index in [4.69, 9.17) is 10.8 Å². The molecule has 0 aliphatic carbocycles. The molecule has 14 heavy (non-hydrogen) atoms. The number of hydrogen-bond donors (Lipinski definition) is 3. The van der Waals surface area contributed by atoms with Crippen molar-refractivity contribution in [3.05, 3.63) is 0 Å². The molecular weight excluding hydrogens is 180 g/mol. The van der Waals surface area contributed by atoms with Crippen LogP contribution in [0.3, 0.4) is 0 Å². The molecule has 84 valence electrons. The number of carbonyl (C=O) groups is 1. The summed E-state index contributed by atoms with van der Waals surface area (Å²) in [5.74, 6) is -0.886. The molecule has 0 aromatic carbocycles. The Balaban J connectivity index is 3.68. The number of aliphatic carboxylic acids is 1. The van der Waals surface area contributed by atoms with Crippen LogP contribution in [-0.2, 0) is 4.79 Å². The van der Waals surface area contributed by atoms with Crippen LogP contribution in [0, 0.1) is 0 Å². The largest absolute Gasteiger partial charge is 0.480 e. The third-order valence-electron chi connectivity index (χ3n) is 2.53. The highest BCUT2D eigenvalue weighted by molar-refractivity contribution is 5.78. The van der Waals surface area contributed by atoms with E-state index in [1.54, 1.807) is 0 Å². The maximum absolute atomic E-state index is 10.8. The number of nitrogens with one attached hydrogen (secondary N) is 1. The number of unbranched alkanes of at least 4 members (excludes halogenated alkanes) is 1. The smallest absolute Gasteiger partial charge is 0.323 e. The van der Waals surface area contributed by atoms with Gasteiger partial charge in [0.25, 0.3) is 0 Å². The Morgan fingerprint density at radius 2 is 2.07 bits per heavy atom. The van der Waals surface area contributed by atoms with Crippen molar-refractivity contribution in [3.8, 4) is 0 Å². The second-order valence-corrected chi connectivity index (χ2v) is 3.63. The number of hydrogen-bond acceptors (Lipinski definition) is 3. The molecule has 4 heteroatoms. The van der Waals surface area contributed by atoms with E-state index < -0.39 is 11.5 Å². The van der Waals surface area contributed by atoms with Gasteiger partial charge in [-0.2, -0.15) is 0 Å². The van der Waals surface area contributed by atoms with Crippen LogP contribution in [0.4, 0.5) is 0 Å². The van der Waals surface area contributed by atoms with Crippen molar-refractivity contribution in [1.29, 1.82) is 0 Å². The van der Waals surface area contributed by atoms with E-state index in [0.29, 0.717) is 12.8 Å². The predicted molar refractivity (Wildman–Crippen MR) is 57.2 cm³/mol. The summed E-state index contributed by atoms with van der Waals surface area (Å²) in [5, 5.41) is 12.1. The summed E-state index contributed by atoms with van der Waals surface area (Å²) in [7, 11) is 0. The van der Waals surface area contributed by atoms with Gasteiger partial charge in [0.1, 0.15) is 5.54 Å². The number of rotatable bonds is 8. The molecule has 0 bridgehead atoms. The maximum Gasteiger partial charge on any atom is 0.323 e. The topological polar surface area (TPSA) is 75.3 Å². The van der Waals surface area contributed by atoms with Gasteiger partial charge < -0.3 is 16.2 Å². The fourth-order valence-corrected chi connectivity index (χ4v) is 1.30. The van der Waals surface area contributed by atoms with Crippen molar-refractivity contribution >= 4 is 5.97 Å². The standard InChI is InChI=1S/C10H22N2O2/c1-3-10(11,9(13)14)7-5-6-8-12-4-2/h12H,3-8,11H2,1-2H3,(H,13,14). The lowest BCUT2D eigenvalue weighted by atomic mass is 9.91. The average molecular weight is 202 g/mol. The molecule has 0 radical (unpaired) electrons. The SMILES string of the molecule is CCNCCCCC(N)(CC)C(=O)O. The zero-order valence-corrected chi connectivity index (χ0v) is 9.18. The van der Waals surface area contributed by atoms with Crippen molar-refractivity contribution in [1.82, 2.24) is 5.32 Å². The van der Waals surface area contributed by atoms with Gasteiger partial charge in [-0.15, -0.1) is 0 Å². The molecule has 0 saturated heterocycles. The van der Waals surface area contributed by atoms with Gasteiger partial charge in [-0.25, -0.2) is 0 Å². The van der Waals surface area contributed by atoms with Gasteiger partial charge in [-0.05, 0) is 38.8 Å².